The molecule has 1 saturated heterocycles. The van der Waals surface area contributed by atoms with Gasteiger partial charge in [-0.2, -0.15) is 0 Å². The van der Waals surface area contributed by atoms with Gasteiger partial charge in [-0.05, 0) is 28.0 Å². The fraction of sp³-hybridized carbons (Fsp3) is 0.375. The monoisotopic (exact) mass is 256 g/mol. The standard InChI is InChI=1S/C16H20N2O/c17-11-15-3-1-2-14-10-13(4-5-16(14)15)12-18-6-8-19-9-7-18/h1-5,10H,6-9,11-12,17H2. The fourth-order valence-corrected chi connectivity index (χ4v) is 2.69. The van der Waals surface area contributed by atoms with Crippen LogP contribution in [0.2, 0.25) is 0 Å². The molecule has 100 valence electrons. The molecule has 0 bridgehead atoms. The summed E-state index contributed by atoms with van der Waals surface area (Å²) in [5, 5.41) is 2.56. The van der Waals surface area contributed by atoms with Crippen LogP contribution in [-0.2, 0) is 17.8 Å². The molecule has 1 aliphatic heterocycles. The maximum atomic E-state index is 5.78. The van der Waals surface area contributed by atoms with Crippen molar-refractivity contribution in [3.05, 3.63) is 47.5 Å². The van der Waals surface area contributed by atoms with Crippen LogP contribution in [0, 0.1) is 0 Å². The normalized spacial score (nSPS) is 16.9. The Kier molecular flexibility index (Phi) is 3.78. The van der Waals surface area contributed by atoms with Crippen LogP contribution in [0.4, 0.5) is 0 Å². The van der Waals surface area contributed by atoms with Gasteiger partial charge in [0.25, 0.3) is 0 Å². The van der Waals surface area contributed by atoms with E-state index in [4.69, 9.17) is 10.5 Å². The topological polar surface area (TPSA) is 38.5 Å². The molecule has 1 fully saturated rings. The van der Waals surface area contributed by atoms with E-state index in [0.29, 0.717) is 6.54 Å². The first-order valence-corrected chi connectivity index (χ1v) is 6.87. The minimum atomic E-state index is 0.597. The van der Waals surface area contributed by atoms with Crippen LogP contribution < -0.4 is 5.73 Å². The van der Waals surface area contributed by atoms with Crippen LogP contribution in [-0.4, -0.2) is 31.2 Å². The highest BCUT2D eigenvalue weighted by molar-refractivity contribution is 5.86. The summed E-state index contributed by atoms with van der Waals surface area (Å²) in [6.45, 7) is 5.36. The molecule has 0 saturated carbocycles. The average molecular weight is 256 g/mol. The molecule has 0 radical (unpaired) electrons. The van der Waals surface area contributed by atoms with Crippen molar-refractivity contribution >= 4 is 10.8 Å². The van der Waals surface area contributed by atoms with Gasteiger partial charge >= 0.3 is 0 Å². The lowest BCUT2D eigenvalue weighted by Crippen LogP contribution is -2.35. The molecule has 19 heavy (non-hydrogen) atoms. The summed E-state index contributed by atoms with van der Waals surface area (Å²) in [5.74, 6) is 0. The second kappa shape index (κ2) is 5.70. The zero-order valence-corrected chi connectivity index (χ0v) is 11.1. The maximum absolute atomic E-state index is 5.78. The summed E-state index contributed by atoms with van der Waals surface area (Å²) in [4.78, 5) is 2.44. The van der Waals surface area contributed by atoms with E-state index in [-0.39, 0.29) is 0 Å². The highest BCUT2D eigenvalue weighted by atomic mass is 16.5. The van der Waals surface area contributed by atoms with E-state index < -0.39 is 0 Å². The summed E-state index contributed by atoms with van der Waals surface area (Å²) < 4.78 is 5.38. The van der Waals surface area contributed by atoms with Gasteiger partial charge in [0.15, 0.2) is 0 Å². The largest absolute Gasteiger partial charge is 0.379 e. The van der Waals surface area contributed by atoms with Crippen molar-refractivity contribution < 1.29 is 4.74 Å². The molecule has 1 heterocycles. The molecule has 3 heteroatoms. The summed E-state index contributed by atoms with van der Waals surface area (Å²) in [5.41, 5.74) is 8.36. The smallest absolute Gasteiger partial charge is 0.0594 e. The molecule has 0 spiro atoms. The lowest BCUT2D eigenvalue weighted by Gasteiger charge is -2.26. The zero-order valence-electron chi connectivity index (χ0n) is 11.1. The molecule has 0 atom stereocenters. The number of fused-ring (bicyclic) bond motifs is 1. The second-order valence-corrected chi connectivity index (χ2v) is 5.07. The van der Waals surface area contributed by atoms with Crippen LogP contribution in [0.1, 0.15) is 11.1 Å². The first-order valence-electron chi connectivity index (χ1n) is 6.87. The van der Waals surface area contributed by atoms with Crippen LogP contribution in [0.25, 0.3) is 10.8 Å². The van der Waals surface area contributed by atoms with Crippen molar-refractivity contribution in [3.63, 3.8) is 0 Å². The Morgan fingerprint density at radius 3 is 2.74 bits per heavy atom. The van der Waals surface area contributed by atoms with E-state index >= 15 is 0 Å². The maximum Gasteiger partial charge on any atom is 0.0594 e. The lowest BCUT2D eigenvalue weighted by molar-refractivity contribution is 0.0342. The predicted molar refractivity (Wildman–Crippen MR) is 77.9 cm³/mol. The number of ether oxygens (including phenoxy) is 1. The molecular formula is C16H20N2O. The summed E-state index contributed by atoms with van der Waals surface area (Å²) in [7, 11) is 0. The Balaban J connectivity index is 1.85. The minimum absolute atomic E-state index is 0.597. The molecule has 0 aliphatic carbocycles. The molecule has 0 unspecified atom stereocenters. The Morgan fingerprint density at radius 2 is 1.95 bits per heavy atom. The summed E-state index contributed by atoms with van der Waals surface area (Å²) in [6.07, 6.45) is 0. The van der Waals surface area contributed by atoms with Gasteiger partial charge in [0, 0.05) is 26.2 Å². The number of nitrogens with two attached hydrogens (primary N) is 1. The van der Waals surface area contributed by atoms with Gasteiger partial charge in [-0.3, -0.25) is 4.90 Å². The van der Waals surface area contributed by atoms with Crippen LogP contribution in [0.3, 0.4) is 0 Å². The van der Waals surface area contributed by atoms with E-state index in [1.54, 1.807) is 0 Å². The molecule has 1 aliphatic rings. The number of hydrogen-bond acceptors (Lipinski definition) is 3. The van der Waals surface area contributed by atoms with Crippen molar-refractivity contribution in [1.82, 2.24) is 4.90 Å². The first kappa shape index (κ1) is 12.6. The van der Waals surface area contributed by atoms with Gasteiger partial charge < -0.3 is 10.5 Å². The number of rotatable bonds is 3. The molecule has 2 aromatic rings. The average Bonchev–Trinajstić information content (AvgIpc) is 2.47. The van der Waals surface area contributed by atoms with Gasteiger partial charge in [0.1, 0.15) is 0 Å². The molecule has 2 N–H and O–H groups in total. The molecule has 2 aromatic carbocycles. The highest BCUT2D eigenvalue weighted by Gasteiger charge is 2.11. The van der Waals surface area contributed by atoms with Crippen LogP contribution >= 0.6 is 0 Å². The third-order valence-corrected chi connectivity index (χ3v) is 3.76. The van der Waals surface area contributed by atoms with E-state index in [9.17, 15) is 0 Å². The number of morpholine rings is 1. The van der Waals surface area contributed by atoms with Crippen molar-refractivity contribution in [3.8, 4) is 0 Å². The molecule has 3 nitrogen and oxygen atoms in total. The van der Waals surface area contributed by atoms with E-state index in [1.165, 1.54) is 21.9 Å². The summed E-state index contributed by atoms with van der Waals surface area (Å²) in [6, 6.07) is 13.1. The molecular weight excluding hydrogens is 236 g/mol. The Bertz CT molecular complexity index is 562. The summed E-state index contributed by atoms with van der Waals surface area (Å²) >= 11 is 0. The van der Waals surface area contributed by atoms with Crippen molar-refractivity contribution in [1.29, 1.82) is 0 Å². The van der Waals surface area contributed by atoms with Gasteiger partial charge in [-0.1, -0.05) is 30.3 Å². The van der Waals surface area contributed by atoms with Gasteiger partial charge in [0.2, 0.25) is 0 Å². The van der Waals surface area contributed by atoms with Crippen molar-refractivity contribution in [2.45, 2.75) is 13.1 Å². The predicted octanol–water partition coefficient (Wildman–Crippen LogP) is 2.13. The Labute approximate surface area is 114 Å². The van der Waals surface area contributed by atoms with Crippen LogP contribution in [0.15, 0.2) is 36.4 Å². The SMILES string of the molecule is NCc1cccc2cc(CN3CCOCC3)ccc12. The molecule has 0 amide bonds. The van der Waals surface area contributed by atoms with Crippen molar-refractivity contribution in [2.75, 3.05) is 26.3 Å². The van der Waals surface area contributed by atoms with E-state index in [0.717, 1.165) is 32.8 Å². The highest BCUT2D eigenvalue weighted by Crippen LogP contribution is 2.21. The second-order valence-electron chi connectivity index (χ2n) is 5.07. The van der Waals surface area contributed by atoms with Crippen LogP contribution in [0.5, 0.6) is 0 Å². The third-order valence-electron chi connectivity index (χ3n) is 3.76. The molecule has 0 aromatic heterocycles. The molecule has 3 rings (SSSR count). The zero-order chi connectivity index (χ0) is 13.1. The lowest BCUT2D eigenvalue weighted by atomic mass is 10.0. The Morgan fingerprint density at radius 1 is 1.11 bits per heavy atom. The number of nitrogens with zero attached hydrogens (tertiary/aromatic N) is 1. The van der Waals surface area contributed by atoms with Gasteiger partial charge in [-0.25, -0.2) is 0 Å². The van der Waals surface area contributed by atoms with E-state index in [2.05, 4.69) is 41.3 Å². The van der Waals surface area contributed by atoms with Crippen molar-refractivity contribution in [2.24, 2.45) is 5.73 Å². The fourth-order valence-electron chi connectivity index (χ4n) is 2.69. The third kappa shape index (κ3) is 2.78. The number of hydrogen-bond donors (Lipinski definition) is 1. The van der Waals surface area contributed by atoms with Gasteiger partial charge in [0.05, 0.1) is 13.2 Å². The van der Waals surface area contributed by atoms with E-state index in [1.807, 2.05) is 0 Å². The number of benzene rings is 2. The quantitative estimate of drug-likeness (QED) is 0.914. The van der Waals surface area contributed by atoms with Gasteiger partial charge in [-0.15, -0.1) is 0 Å². The Hall–Kier alpha value is -1.42. The minimum Gasteiger partial charge on any atom is -0.379 e. The first-order chi connectivity index (χ1) is 9.36.